The third kappa shape index (κ3) is 4.03. The van der Waals surface area contributed by atoms with Crippen LogP contribution in [0.25, 0.3) is 11.5 Å². The second-order valence-corrected chi connectivity index (χ2v) is 6.67. The average Bonchev–Trinajstić information content (AvgIpc) is 2.74. The topological polar surface area (TPSA) is 76.2 Å². The van der Waals surface area contributed by atoms with E-state index in [4.69, 9.17) is 9.52 Å². The van der Waals surface area contributed by atoms with Crippen LogP contribution in [0, 0.1) is 8.99 Å². The fourth-order valence-corrected chi connectivity index (χ4v) is 2.49. The molecular formula is C14H15IN2O3. The predicted octanol–water partition coefficient (Wildman–Crippen LogP) is 3.38. The average molecular weight is 386 g/mol. The number of nitrogens with zero attached hydrogens (tertiary/aromatic N) is 2. The standard InChI is InChI=1S/C14H15IN2O3/c1-14(2,8-12(18)19)7-11-16-17-13(20-11)9-4-3-5-10(15)6-9/h3-6H,7-8H2,1-2H3,(H,18,19). The molecule has 6 heteroatoms. The number of aliphatic carboxylic acids is 1. The fourth-order valence-electron chi connectivity index (χ4n) is 1.94. The lowest BCUT2D eigenvalue weighted by atomic mass is 9.86. The van der Waals surface area contributed by atoms with Crippen LogP contribution in [0.2, 0.25) is 0 Å². The molecule has 1 heterocycles. The van der Waals surface area contributed by atoms with Crippen LogP contribution in [0.5, 0.6) is 0 Å². The summed E-state index contributed by atoms with van der Waals surface area (Å²) in [5.74, 6) is 0.0992. The van der Waals surface area contributed by atoms with Crippen molar-refractivity contribution < 1.29 is 14.3 Å². The van der Waals surface area contributed by atoms with E-state index >= 15 is 0 Å². The maximum absolute atomic E-state index is 10.8. The van der Waals surface area contributed by atoms with E-state index < -0.39 is 11.4 Å². The van der Waals surface area contributed by atoms with Gasteiger partial charge in [-0.25, -0.2) is 0 Å². The van der Waals surface area contributed by atoms with E-state index in [1.54, 1.807) is 0 Å². The zero-order valence-corrected chi connectivity index (χ0v) is 13.4. The van der Waals surface area contributed by atoms with Crippen LogP contribution in [0.4, 0.5) is 0 Å². The second-order valence-electron chi connectivity index (χ2n) is 5.42. The number of carboxylic acids is 1. The van der Waals surface area contributed by atoms with Crippen molar-refractivity contribution in [3.63, 3.8) is 0 Å². The largest absolute Gasteiger partial charge is 0.481 e. The summed E-state index contributed by atoms with van der Waals surface area (Å²) in [7, 11) is 0. The lowest BCUT2D eigenvalue weighted by molar-refractivity contribution is -0.139. The van der Waals surface area contributed by atoms with Crippen LogP contribution >= 0.6 is 22.6 Å². The van der Waals surface area contributed by atoms with E-state index in [1.807, 2.05) is 38.1 Å². The fraction of sp³-hybridized carbons (Fsp3) is 0.357. The Labute approximate surface area is 130 Å². The number of hydrogen-bond donors (Lipinski definition) is 1. The summed E-state index contributed by atoms with van der Waals surface area (Å²) in [5, 5.41) is 16.9. The Hall–Kier alpha value is -1.44. The van der Waals surface area contributed by atoms with Crippen molar-refractivity contribution in [3.05, 3.63) is 33.7 Å². The Morgan fingerprint density at radius 2 is 2.15 bits per heavy atom. The SMILES string of the molecule is CC(C)(CC(=O)O)Cc1nnc(-c2cccc(I)c2)o1. The molecule has 0 atom stereocenters. The van der Waals surface area contributed by atoms with Crippen LogP contribution in [-0.4, -0.2) is 21.3 Å². The molecule has 0 aliphatic heterocycles. The Balaban J connectivity index is 2.15. The number of rotatable bonds is 5. The monoisotopic (exact) mass is 386 g/mol. The van der Waals surface area contributed by atoms with Gasteiger partial charge in [-0.1, -0.05) is 19.9 Å². The van der Waals surface area contributed by atoms with Gasteiger partial charge in [0.2, 0.25) is 11.8 Å². The summed E-state index contributed by atoms with van der Waals surface area (Å²) in [5.41, 5.74) is 0.451. The molecule has 1 N–H and O–H groups in total. The number of halogens is 1. The minimum Gasteiger partial charge on any atom is -0.481 e. The van der Waals surface area contributed by atoms with Gasteiger partial charge in [0, 0.05) is 15.6 Å². The molecule has 1 aromatic heterocycles. The summed E-state index contributed by atoms with van der Waals surface area (Å²) in [6.45, 7) is 3.74. The molecule has 0 saturated heterocycles. The first-order chi connectivity index (χ1) is 9.35. The quantitative estimate of drug-likeness (QED) is 0.798. The molecule has 20 heavy (non-hydrogen) atoms. The van der Waals surface area contributed by atoms with Crippen molar-refractivity contribution in [2.24, 2.45) is 5.41 Å². The highest BCUT2D eigenvalue weighted by Gasteiger charge is 2.25. The van der Waals surface area contributed by atoms with Gasteiger partial charge in [0.15, 0.2) is 0 Å². The lowest BCUT2D eigenvalue weighted by Gasteiger charge is -2.19. The number of carboxylic acid groups (broad SMARTS) is 1. The van der Waals surface area contributed by atoms with Gasteiger partial charge in [0.05, 0.1) is 6.42 Å². The zero-order chi connectivity index (χ0) is 14.8. The van der Waals surface area contributed by atoms with E-state index in [2.05, 4.69) is 32.8 Å². The van der Waals surface area contributed by atoms with E-state index in [1.165, 1.54) is 0 Å². The summed E-state index contributed by atoms with van der Waals surface area (Å²) in [6, 6.07) is 7.77. The predicted molar refractivity (Wildman–Crippen MR) is 82.2 cm³/mol. The number of aromatic nitrogens is 2. The summed E-state index contributed by atoms with van der Waals surface area (Å²) in [6.07, 6.45) is 0.504. The van der Waals surface area contributed by atoms with Gasteiger partial charge in [0.1, 0.15) is 0 Å². The maximum atomic E-state index is 10.8. The first-order valence-corrected chi connectivity index (χ1v) is 7.24. The van der Waals surface area contributed by atoms with Crippen LogP contribution in [0.1, 0.15) is 26.2 Å². The van der Waals surface area contributed by atoms with Crippen LogP contribution < -0.4 is 0 Å². The molecule has 0 bridgehead atoms. The van der Waals surface area contributed by atoms with Crippen LogP contribution in [0.3, 0.4) is 0 Å². The van der Waals surface area contributed by atoms with Crippen molar-refractivity contribution >= 4 is 28.6 Å². The van der Waals surface area contributed by atoms with Gasteiger partial charge in [-0.3, -0.25) is 4.79 Å². The van der Waals surface area contributed by atoms with Crippen molar-refractivity contribution in [2.75, 3.05) is 0 Å². The highest BCUT2D eigenvalue weighted by Crippen LogP contribution is 2.27. The normalized spacial score (nSPS) is 11.6. The molecule has 0 fully saturated rings. The van der Waals surface area contributed by atoms with Crippen molar-refractivity contribution in [2.45, 2.75) is 26.7 Å². The lowest BCUT2D eigenvalue weighted by Crippen LogP contribution is -2.19. The number of benzene rings is 1. The molecular weight excluding hydrogens is 371 g/mol. The van der Waals surface area contributed by atoms with Crippen molar-refractivity contribution in [1.82, 2.24) is 10.2 Å². The molecule has 0 radical (unpaired) electrons. The van der Waals surface area contributed by atoms with Gasteiger partial charge in [0.25, 0.3) is 0 Å². The van der Waals surface area contributed by atoms with Gasteiger partial charge in [-0.2, -0.15) is 0 Å². The van der Waals surface area contributed by atoms with Gasteiger partial charge >= 0.3 is 5.97 Å². The summed E-state index contributed by atoms with van der Waals surface area (Å²) in [4.78, 5) is 10.8. The van der Waals surface area contributed by atoms with E-state index in [0.29, 0.717) is 18.2 Å². The van der Waals surface area contributed by atoms with Gasteiger partial charge in [-0.05, 0) is 46.2 Å². The Morgan fingerprint density at radius 1 is 1.40 bits per heavy atom. The Morgan fingerprint density at radius 3 is 2.80 bits per heavy atom. The Bertz CT molecular complexity index is 622. The minimum atomic E-state index is -0.827. The van der Waals surface area contributed by atoms with Gasteiger partial charge in [-0.15, -0.1) is 10.2 Å². The number of carbonyl (C=O) groups is 1. The summed E-state index contributed by atoms with van der Waals surface area (Å²) >= 11 is 2.22. The molecule has 106 valence electrons. The molecule has 0 spiro atoms. The molecule has 2 rings (SSSR count). The van der Waals surface area contributed by atoms with Crippen LogP contribution in [0.15, 0.2) is 28.7 Å². The minimum absolute atomic E-state index is 0.0634. The third-order valence-electron chi connectivity index (χ3n) is 2.80. The molecule has 0 aliphatic carbocycles. The van der Waals surface area contributed by atoms with E-state index in [9.17, 15) is 4.79 Å². The molecule has 0 saturated carbocycles. The second kappa shape index (κ2) is 5.90. The maximum Gasteiger partial charge on any atom is 0.303 e. The van der Waals surface area contributed by atoms with Crippen molar-refractivity contribution in [3.8, 4) is 11.5 Å². The molecule has 1 aromatic carbocycles. The molecule has 0 amide bonds. The number of hydrogen-bond acceptors (Lipinski definition) is 4. The van der Waals surface area contributed by atoms with Crippen molar-refractivity contribution in [1.29, 1.82) is 0 Å². The molecule has 0 unspecified atom stereocenters. The molecule has 0 aliphatic rings. The Kier molecular flexibility index (Phi) is 4.42. The molecule has 5 nitrogen and oxygen atoms in total. The van der Waals surface area contributed by atoms with Gasteiger partial charge < -0.3 is 9.52 Å². The molecule has 2 aromatic rings. The third-order valence-corrected chi connectivity index (χ3v) is 3.47. The smallest absolute Gasteiger partial charge is 0.303 e. The highest BCUT2D eigenvalue weighted by molar-refractivity contribution is 14.1. The van der Waals surface area contributed by atoms with Crippen LogP contribution in [-0.2, 0) is 11.2 Å². The summed E-state index contributed by atoms with van der Waals surface area (Å²) < 4.78 is 6.71. The zero-order valence-electron chi connectivity index (χ0n) is 11.3. The van der Waals surface area contributed by atoms with E-state index in [-0.39, 0.29) is 6.42 Å². The first-order valence-electron chi connectivity index (χ1n) is 6.16. The first kappa shape index (κ1) is 15.0. The van der Waals surface area contributed by atoms with E-state index in [0.717, 1.165) is 9.13 Å². The highest BCUT2D eigenvalue weighted by atomic mass is 127.